The Balaban J connectivity index is 3.07. The van der Waals surface area contributed by atoms with Crippen LogP contribution in [-0.2, 0) is 0 Å². The Morgan fingerprint density at radius 1 is 1.40 bits per heavy atom. The minimum absolute atomic E-state index is 0.828. The Bertz CT molecular complexity index is 233. The summed E-state index contributed by atoms with van der Waals surface area (Å²) in [6.07, 6.45) is 0. The standard InChI is InChI=1S/C8H10OS/c1-6-3-4-7(9-2)8(10)5-6/h3-5,10H,1-2H3. The highest BCUT2D eigenvalue weighted by atomic mass is 32.1. The maximum atomic E-state index is 5.02. The molecule has 0 heterocycles. The first kappa shape index (κ1) is 7.48. The van der Waals surface area contributed by atoms with E-state index in [1.165, 1.54) is 5.56 Å². The smallest absolute Gasteiger partial charge is 0.132 e. The second kappa shape index (κ2) is 2.97. The molecule has 0 unspecified atom stereocenters. The maximum Gasteiger partial charge on any atom is 0.132 e. The first-order valence-electron chi connectivity index (χ1n) is 3.07. The molecule has 0 bridgehead atoms. The molecule has 0 radical (unpaired) electrons. The van der Waals surface area contributed by atoms with E-state index in [1.807, 2.05) is 25.1 Å². The fraction of sp³-hybridized carbons (Fsp3) is 0.250. The van der Waals surface area contributed by atoms with E-state index in [4.69, 9.17) is 4.74 Å². The minimum Gasteiger partial charge on any atom is -0.496 e. The predicted octanol–water partition coefficient (Wildman–Crippen LogP) is 2.29. The monoisotopic (exact) mass is 154 g/mol. The molecule has 0 N–H and O–H groups in total. The zero-order valence-corrected chi connectivity index (χ0v) is 6.98. The highest BCUT2D eigenvalue weighted by molar-refractivity contribution is 7.80. The van der Waals surface area contributed by atoms with Crippen LogP contribution in [0.2, 0.25) is 0 Å². The molecule has 1 aromatic rings. The number of rotatable bonds is 1. The lowest BCUT2D eigenvalue weighted by molar-refractivity contribution is 0.405. The Labute approximate surface area is 66.4 Å². The number of hydrogen-bond donors (Lipinski definition) is 1. The molecular formula is C8H10OS. The summed E-state index contributed by atoms with van der Waals surface area (Å²) in [5.74, 6) is 0.828. The molecule has 10 heavy (non-hydrogen) atoms. The quantitative estimate of drug-likeness (QED) is 0.611. The molecule has 0 amide bonds. The zero-order valence-electron chi connectivity index (χ0n) is 6.09. The van der Waals surface area contributed by atoms with Crippen LogP contribution in [0.15, 0.2) is 23.1 Å². The molecule has 1 rings (SSSR count). The summed E-state index contributed by atoms with van der Waals surface area (Å²) >= 11 is 4.22. The third kappa shape index (κ3) is 1.45. The summed E-state index contributed by atoms with van der Waals surface area (Å²) in [4.78, 5) is 0.891. The van der Waals surface area contributed by atoms with Gasteiger partial charge in [0, 0.05) is 4.90 Å². The van der Waals surface area contributed by atoms with Gasteiger partial charge < -0.3 is 4.74 Å². The Hall–Kier alpha value is -0.630. The number of hydrogen-bond acceptors (Lipinski definition) is 2. The van der Waals surface area contributed by atoms with Crippen LogP contribution in [0.1, 0.15) is 5.56 Å². The van der Waals surface area contributed by atoms with Crippen LogP contribution in [0.5, 0.6) is 5.75 Å². The van der Waals surface area contributed by atoms with Gasteiger partial charge in [-0.1, -0.05) is 6.07 Å². The molecule has 0 atom stereocenters. The van der Waals surface area contributed by atoms with Gasteiger partial charge in [0.15, 0.2) is 0 Å². The fourth-order valence-electron chi connectivity index (χ4n) is 0.800. The van der Waals surface area contributed by atoms with E-state index in [2.05, 4.69) is 12.6 Å². The van der Waals surface area contributed by atoms with Gasteiger partial charge in [0.05, 0.1) is 7.11 Å². The molecule has 0 saturated heterocycles. The van der Waals surface area contributed by atoms with Crippen LogP contribution in [-0.4, -0.2) is 7.11 Å². The average molecular weight is 154 g/mol. The van der Waals surface area contributed by atoms with E-state index < -0.39 is 0 Å². The van der Waals surface area contributed by atoms with Gasteiger partial charge in [-0.3, -0.25) is 0 Å². The molecule has 0 spiro atoms. The SMILES string of the molecule is COc1ccc(C)cc1S. The zero-order chi connectivity index (χ0) is 7.56. The molecule has 0 aliphatic carbocycles. The summed E-state index contributed by atoms with van der Waals surface area (Å²) in [5.41, 5.74) is 1.20. The van der Waals surface area contributed by atoms with Gasteiger partial charge in [-0.05, 0) is 24.6 Å². The molecule has 0 aliphatic rings. The Kier molecular flexibility index (Phi) is 2.22. The number of methoxy groups -OCH3 is 1. The van der Waals surface area contributed by atoms with Crippen LogP contribution >= 0.6 is 12.6 Å². The van der Waals surface area contributed by atoms with Gasteiger partial charge in [-0.25, -0.2) is 0 Å². The lowest BCUT2D eigenvalue weighted by Gasteiger charge is -2.02. The fourth-order valence-corrected chi connectivity index (χ4v) is 1.17. The summed E-state index contributed by atoms with van der Waals surface area (Å²) in [6.45, 7) is 2.03. The molecule has 0 aromatic heterocycles. The third-order valence-electron chi connectivity index (χ3n) is 1.33. The van der Waals surface area contributed by atoms with Crippen LogP contribution in [0.25, 0.3) is 0 Å². The molecule has 1 aromatic carbocycles. The Morgan fingerprint density at radius 3 is 2.60 bits per heavy atom. The van der Waals surface area contributed by atoms with Gasteiger partial charge >= 0.3 is 0 Å². The van der Waals surface area contributed by atoms with E-state index in [0.717, 1.165) is 10.6 Å². The molecule has 0 aliphatic heterocycles. The lowest BCUT2D eigenvalue weighted by atomic mass is 10.2. The average Bonchev–Trinajstić information content (AvgIpc) is 1.88. The van der Waals surface area contributed by atoms with Crippen molar-refractivity contribution in [1.29, 1.82) is 0 Å². The molecule has 0 saturated carbocycles. The van der Waals surface area contributed by atoms with Crippen molar-refractivity contribution in [1.82, 2.24) is 0 Å². The highest BCUT2D eigenvalue weighted by Crippen LogP contribution is 2.22. The second-order valence-electron chi connectivity index (χ2n) is 2.18. The van der Waals surface area contributed by atoms with Gasteiger partial charge in [-0.15, -0.1) is 12.6 Å². The highest BCUT2D eigenvalue weighted by Gasteiger charge is 1.95. The summed E-state index contributed by atoms with van der Waals surface area (Å²) in [7, 11) is 1.64. The summed E-state index contributed by atoms with van der Waals surface area (Å²) < 4.78 is 5.02. The summed E-state index contributed by atoms with van der Waals surface area (Å²) in [6, 6.07) is 5.89. The van der Waals surface area contributed by atoms with E-state index in [9.17, 15) is 0 Å². The van der Waals surface area contributed by atoms with Crippen LogP contribution < -0.4 is 4.74 Å². The van der Waals surface area contributed by atoms with Crippen LogP contribution in [0.4, 0.5) is 0 Å². The molecule has 1 nitrogen and oxygen atoms in total. The van der Waals surface area contributed by atoms with E-state index in [1.54, 1.807) is 7.11 Å². The molecule has 2 heteroatoms. The summed E-state index contributed by atoms with van der Waals surface area (Å²) in [5, 5.41) is 0. The minimum atomic E-state index is 0.828. The van der Waals surface area contributed by atoms with Crippen molar-refractivity contribution >= 4 is 12.6 Å². The van der Waals surface area contributed by atoms with Gasteiger partial charge in [0.2, 0.25) is 0 Å². The largest absolute Gasteiger partial charge is 0.496 e. The predicted molar refractivity (Wildman–Crippen MR) is 45.0 cm³/mol. The van der Waals surface area contributed by atoms with E-state index >= 15 is 0 Å². The number of benzene rings is 1. The number of ether oxygens (including phenoxy) is 1. The Morgan fingerprint density at radius 2 is 2.10 bits per heavy atom. The third-order valence-corrected chi connectivity index (χ3v) is 1.68. The second-order valence-corrected chi connectivity index (χ2v) is 2.66. The normalized spacial score (nSPS) is 9.50. The van der Waals surface area contributed by atoms with E-state index in [-0.39, 0.29) is 0 Å². The van der Waals surface area contributed by atoms with Crippen molar-refractivity contribution in [3.05, 3.63) is 23.8 Å². The maximum absolute atomic E-state index is 5.02. The van der Waals surface area contributed by atoms with Crippen LogP contribution in [0, 0.1) is 6.92 Å². The van der Waals surface area contributed by atoms with Crippen molar-refractivity contribution in [2.45, 2.75) is 11.8 Å². The molecular weight excluding hydrogens is 144 g/mol. The number of thiol groups is 1. The van der Waals surface area contributed by atoms with Crippen LogP contribution in [0.3, 0.4) is 0 Å². The first-order valence-corrected chi connectivity index (χ1v) is 3.52. The molecule has 0 fully saturated rings. The van der Waals surface area contributed by atoms with Crippen molar-refractivity contribution in [2.75, 3.05) is 7.11 Å². The van der Waals surface area contributed by atoms with Crippen molar-refractivity contribution < 1.29 is 4.74 Å². The first-order chi connectivity index (χ1) is 4.74. The van der Waals surface area contributed by atoms with Gasteiger partial charge in [0.1, 0.15) is 5.75 Å². The van der Waals surface area contributed by atoms with Crippen molar-refractivity contribution in [2.24, 2.45) is 0 Å². The molecule has 54 valence electrons. The van der Waals surface area contributed by atoms with Gasteiger partial charge in [0.25, 0.3) is 0 Å². The van der Waals surface area contributed by atoms with E-state index in [0.29, 0.717) is 0 Å². The number of aryl methyl sites for hydroxylation is 1. The topological polar surface area (TPSA) is 9.23 Å². The van der Waals surface area contributed by atoms with Crippen molar-refractivity contribution in [3.8, 4) is 5.75 Å². The lowest BCUT2D eigenvalue weighted by Crippen LogP contribution is -1.84. The van der Waals surface area contributed by atoms with Crippen molar-refractivity contribution in [3.63, 3.8) is 0 Å². The van der Waals surface area contributed by atoms with Gasteiger partial charge in [-0.2, -0.15) is 0 Å².